The summed E-state index contributed by atoms with van der Waals surface area (Å²) < 4.78 is 5.69. The Morgan fingerprint density at radius 1 is 1.28 bits per heavy atom. The van der Waals surface area contributed by atoms with E-state index in [2.05, 4.69) is 24.2 Å². The Kier molecular flexibility index (Phi) is 7.45. The summed E-state index contributed by atoms with van der Waals surface area (Å²) in [5.74, 6) is 2.50. The Bertz CT molecular complexity index is 597. The van der Waals surface area contributed by atoms with Crippen LogP contribution in [0, 0.1) is 5.92 Å². The van der Waals surface area contributed by atoms with Crippen LogP contribution in [0.4, 0.5) is 0 Å². The van der Waals surface area contributed by atoms with Gasteiger partial charge >= 0.3 is 0 Å². The Balaban J connectivity index is 1.67. The van der Waals surface area contributed by atoms with Crippen LogP contribution in [0.25, 0.3) is 6.08 Å². The second-order valence-electron chi connectivity index (χ2n) is 7.39. The van der Waals surface area contributed by atoms with Crippen LogP contribution in [-0.4, -0.2) is 36.4 Å². The van der Waals surface area contributed by atoms with E-state index in [1.54, 1.807) is 5.06 Å². The highest BCUT2D eigenvalue weighted by molar-refractivity contribution is 5.51. The van der Waals surface area contributed by atoms with Crippen molar-refractivity contribution in [1.82, 2.24) is 5.06 Å². The Hall–Kier alpha value is -1.87. The number of benzene rings is 1. The molecule has 4 nitrogen and oxygen atoms in total. The van der Waals surface area contributed by atoms with Gasteiger partial charge in [-0.05, 0) is 45.1 Å². The SMILES string of the molecule is CC(C)(C)ON1CCC(CCOC/C=C\c2ccccc2)CC1=C=O. The third-order valence-corrected chi connectivity index (χ3v) is 4.02. The summed E-state index contributed by atoms with van der Waals surface area (Å²) in [7, 11) is 0. The Morgan fingerprint density at radius 2 is 2.04 bits per heavy atom. The maximum atomic E-state index is 11.2. The lowest BCUT2D eigenvalue weighted by atomic mass is 9.93. The van der Waals surface area contributed by atoms with Gasteiger partial charge in [0, 0.05) is 19.6 Å². The quantitative estimate of drug-likeness (QED) is 0.548. The van der Waals surface area contributed by atoms with Gasteiger partial charge in [0.05, 0.1) is 12.2 Å². The fourth-order valence-electron chi connectivity index (χ4n) is 2.83. The maximum Gasteiger partial charge on any atom is 0.148 e. The van der Waals surface area contributed by atoms with Gasteiger partial charge in [-0.2, -0.15) is 0 Å². The summed E-state index contributed by atoms with van der Waals surface area (Å²) in [6, 6.07) is 10.2. The lowest BCUT2D eigenvalue weighted by Gasteiger charge is -2.36. The number of ether oxygens (including phenoxy) is 1. The van der Waals surface area contributed by atoms with Crippen LogP contribution in [0.15, 0.2) is 42.1 Å². The summed E-state index contributed by atoms with van der Waals surface area (Å²) in [5, 5.41) is 1.72. The first-order chi connectivity index (χ1) is 12.0. The van der Waals surface area contributed by atoms with Crippen molar-refractivity contribution < 1.29 is 14.4 Å². The number of rotatable bonds is 7. The van der Waals surface area contributed by atoms with Gasteiger partial charge in [-0.3, -0.25) is 4.84 Å². The first kappa shape index (κ1) is 19.5. The van der Waals surface area contributed by atoms with E-state index >= 15 is 0 Å². The van der Waals surface area contributed by atoms with Gasteiger partial charge in [-0.1, -0.05) is 42.5 Å². The highest BCUT2D eigenvalue weighted by atomic mass is 16.7. The van der Waals surface area contributed by atoms with Crippen LogP contribution < -0.4 is 0 Å². The molecular formula is C21H29NO3. The zero-order valence-corrected chi connectivity index (χ0v) is 15.5. The number of hydrogen-bond donors (Lipinski definition) is 0. The number of piperidine rings is 1. The summed E-state index contributed by atoms with van der Waals surface area (Å²) in [6.07, 6.45) is 6.77. The molecule has 1 fully saturated rings. The van der Waals surface area contributed by atoms with Crippen LogP contribution in [0.2, 0.25) is 0 Å². The van der Waals surface area contributed by atoms with Crippen molar-refractivity contribution in [3.8, 4) is 0 Å². The van der Waals surface area contributed by atoms with Gasteiger partial charge < -0.3 is 4.74 Å². The predicted octanol–water partition coefficient (Wildman–Crippen LogP) is 4.26. The molecule has 0 radical (unpaired) electrons. The van der Waals surface area contributed by atoms with Gasteiger partial charge in [0.1, 0.15) is 11.6 Å². The van der Waals surface area contributed by atoms with E-state index in [0.717, 1.165) is 19.4 Å². The van der Waals surface area contributed by atoms with Gasteiger partial charge in [-0.25, -0.2) is 9.86 Å². The molecular weight excluding hydrogens is 314 g/mol. The molecule has 1 atom stereocenters. The molecule has 1 saturated heterocycles. The summed E-state index contributed by atoms with van der Waals surface area (Å²) >= 11 is 0. The molecule has 25 heavy (non-hydrogen) atoms. The molecule has 1 unspecified atom stereocenters. The van der Waals surface area contributed by atoms with Gasteiger partial charge in [0.2, 0.25) is 0 Å². The first-order valence-electron chi connectivity index (χ1n) is 8.98. The van der Waals surface area contributed by atoms with E-state index in [4.69, 9.17) is 9.57 Å². The predicted molar refractivity (Wildman–Crippen MR) is 100 cm³/mol. The van der Waals surface area contributed by atoms with E-state index in [0.29, 0.717) is 31.2 Å². The van der Waals surface area contributed by atoms with Crippen LogP contribution in [-0.2, 0) is 14.4 Å². The van der Waals surface area contributed by atoms with Crippen molar-refractivity contribution >= 4 is 12.0 Å². The molecule has 0 aliphatic carbocycles. The molecule has 1 aliphatic rings. The summed E-state index contributed by atoms with van der Waals surface area (Å²) in [6.45, 7) is 8.00. The van der Waals surface area contributed by atoms with E-state index in [1.165, 1.54) is 5.56 Å². The highest BCUT2D eigenvalue weighted by Crippen LogP contribution is 2.29. The molecule has 0 spiro atoms. The maximum absolute atomic E-state index is 11.2. The normalized spacial score (nSPS) is 18.6. The largest absolute Gasteiger partial charge is 0.377 e. The third kappa shape index (κ3) is 7.27. The molecule has 0 bridgehead atoms. The van der Waals surface area contributed by atoms with E-state index < -0.39 is 0 Å². The zero-order chi connectivity index (χ0) is 18.1. The van der Waals surface area contributed by atoms with E-state index in [9.17, 15) is 4.79 Å². The van der Waals surface area contributed by atoms with Crippen LogP contribution >= 0.6 is 0 Å². The second-order valence-corrected chi connectivity index (χ2v) is 7.39. The van der Waals surface area contributed by atoms with Crippen molar-refractivity contribution in [3.05, 3.63) is 47.7 Å². The van der Waals surface area contributed by atoms with E-state index in [-0.39, 0.29) is 5.60 Å². The number of nitrogens with zero attached hydrogens (tertiary/aromatic N) is 1. The molecule has 1 aliphatic heterocycles. The smallest absolute Gasteiger partial charge is 0.148 e. The average Bonchev–Trinajstić information content (AvgIpc) is 2.58. The minimum atomic E-state index is -0.302. The van der Waals surface area contributed by atoms with Gasteiger partial charge in [-0.15, -0.1) is 0 Å². The average molecular weight is 343 g/mol. The molecule has 0 saturated carbocycles. The lowest BCUT2D eigenvalue weighted by Crippen LogP contribution is -2.38. The second kappa shape index (κ2) is 9.57. The van der Waals surface area contributed by atoms with Crippen molar-refractivity contribution in [3.63, 3.8) is 0 Å². The lowest BCUT2D eigenvalue weighted by molar-refractivity contribution is -0.215. The molecule has 0 amide bonds. The van der Waals surface area contributed by atoms with E-state index in [1.807, 2.05) is 45.0 Å². The number of hydrogen-bond acceptors (Lipinski definition) is 4. The van der Waals surface area contributed by atoms with Gasteiger partial charge in [0.25, 0.3) is 0 Å². The van der Waals surface area contributed by atoms with Crippen molar-refractivity contribution in [2.45, 2.75) is 45.6 Å². The molecule has 0 aromatic heterocycles. The first-order valence-corrected chi connectivity index (χ1v) is 8.98. The fourth-order valence-corrected chi connectivity index (χ4v) is 2.83. The van der Waals surface area contributed by atoms with Crippen molar-refractivity contribution in [2.24, 2.45) is 5.92 Å². The fraction of sp³-hybridized carbons (Fsp3) is 0.524. The molecule has 1 heterocycles. The minimum absolute atomic E-state index is 0.302. The number of allylic oxidation sites excluding steroid dienone is 1. The monoisotopic (exact) mass is 343 g/mol. The van der Waals surface area contributed by atoms with Gasteiger partial charge in [0.15, 0.2) is 0 Å². The highest BCUT2D eigenvalue weighted by Gasteiger charge is 2.27. The third-order valence-electron chi connectivity index (χ3n) is 4.02. The van der Waals surface area contributed by atoms with Crippen LogP contribution in [0.1, 0.15) is 45.6 Å². The Morgan fingerprint density at radius 3 is 2.72 bits per heavy atom. The standard InChI is InChI=1S/C21H29NO3/c1-21(2,3)25-22-13-11-19(16-20(22)17-23)12-15-24-14-7-10-18-8-5-4-6-9-18/h4-10,19H,11-16H2,1-3H3/b10-7-. The summed E-state index contributed by atoms with van der Waals surface area (Å²) in [4.78, 5) is 17.1. The number of hydroxylamine groups is 2. The van der Waals surface area contributed by atoms with Crippen LogP contribution in [0.3, 0.4) is 0 Å². The van der Waals surface area contributed by atoms with Crippen molar-refractivity contribution in [2.75, 3.05) is 19.8 Å². The summed E-state index contributed by atoms with van der Waals surface area (Å²) in [5.41, 5.74) is 1.50. The molecule has 136 valence electrons. The topological polar surface area (TPSA) is 38.8 Å². The number of carbonyl (C=O) groups excluding carboxylic acids is 1. The van der Waals surface area contributed by atoms with Crippen molar-refractivity contribution in [1.29, 1.82) is 0 Å². The minimum Gasteiger partial charge on any atom is -0.377 e. The Labute approximate surface area is 151 Å². The molecule has 0 N–H and O–H groups in total. The molecule has 1 aromatic carbocycles. The molecule has 4 heteroatoms. The molecule has 1 aromatic rings. The molecule has 2 rings (SSSR count). The zero-order valence-electron chi connectivity index (χ0n) is 15.5. The van der Waals surface area contributed by atoms with Crippen LogP contribution in [0.5, 0.6) is 0 Å².